The summed E-state index contributed by atoms with van der Waals surface area (Å²) in [5, 5.41) is 10.9. The van der Waals surface area contributed by atoms with E-state index in [4.69, 9.17) is 0 Å². The summed E-state index contributed by atoms with van der Waals surface area (Å²) in [5.74, 6) is -1.38. The maximum absolute atomic E-state index is 12.9. The molecule has 7 nitrogen and oxygen atoms in total. The SMILES string of the molecule is C[C@H](c1cccc([N+](=O)[O-])c1)N(C)C(=O)CCS(=O)(=O)c1ccc(F)cc1. The molecule has 1 amide bonds. The Kier molecular flexibility index (Phi) is 6.27. The Morgan fingerprint density at radius 3 is 2.44 bits per heavy atom. The van der Waals surface area contributed by atoms with Crippen LogP contribution in [0.15, 0.2) is 53.4 Å². The van der Waals surface area contributed by atoms with E-state index < -0.39 is 38.3 Å². The van der Waals surface area contributed by atoms with Crippen LogP contribution in [0.2, 0.25) is 0 Å². The van der Waals surface area contributed by atoms with E-state index in [-0.39, 0.29) is 17.0 Å². The third kappa shape index (κ3) is 5.10. The van der Waals surface area contributed by atoms with Crippen LogP contribution < -0.4 is 0 Å². The smallest absolute Gasteiger partial charge is 0.269 e. The van der Waals surface area contributed by atoms with Crippen molar-refractivity contribution in [3.63, 3.8) is 0 Å². The lowest BCUT2D eigenvalue weighted by Gasteiger charge is -2.25. The summed E-state index contributed by atoms with van der Waals surface area (Å²) in [5.41, 5.74) is 0.487. The fourth-order valence-electron chi connectivity index (χ4n) is 2.50. The third-order valence-corrected chi connectivity index (χ3v) is 6.03. The van der Waals surface area contributed by atoms with Gasteiger partial charge in [-0.2, -0.15) is 0 Å². The first-order valence-electron chi connectivity index (χ1n) is 8.10. The molecule has 0 heterocycles. The molecule has 0 unspecified atom stereocenters. The average Bonchev–Trinajstić information content (AvgIpc) is 2.65. The third-order valence-electron chi connectivity index (χ3n) is 4.30. The fraction of sp³-hybridized carbons (Fsp3) is 0.278. The number of benzene rings is 2. The molecule has 0 N–H and O–H groups in total. The van der Waals surface area contributed by atoms with Crippen molar-refractivity contribution in [2.24, 2.45) is 0 Å². The minimum Gasteiger partial charge on any atom is -0.339 e. The minimum absolute atomic E-state index is 0.0499. The first-order chi connectivity index (χ1) is 12.6. The largest absolute Gasteiger partial charge is 0.339 e. The molecule has 0 saturated heterocycles. The predicted octanol–water partition coefficient (Wildman–Crippen LogP) is 3.12. The summed E-state index contributed by atoms with van der Waals surface area (Å²) >= 11 is 0. The van der Waals surface area contributed by atoms with Gasteiger partial charge >= 0.3 is 0 Å². The number of nitrogens with zero attached hydrogens (tertiary/aromatic N) is 2. The molecule has 0 bridgehead atoms. The highest BCUT2D eigenvalue weighted by Gasteiger charge is 2.22. The number of non-ortho nitro benzene ring substituents is 1. The highest BCUT2D eigenvalue weighted by atomic mass is 32.2. The summed E-state index contributed by atoms with van der Waals surface area (Å²) < 4.78 is 37.4. The van der Waals surface area contributed by atoms with Crippen molar-refractivity contribution in [1.82, 2.24) is 4.90 Å². The number of hydrogen-bond acceptors (Lipinski definition) is 5. The molecule has 1 atom stereocenters. The monoisotopic (exact) mass is 394 g/mol. The van der Waals surface area contributed by atoms with Gasteiger partial charge in [-0.1, -0.05) is 12.1 Å². The lowest BCUT2D eigenvalue weighted by atomic mass is 10.1. The van der Waals surface area contributed by atoms with Gasteiger partial charge in [0.2, 0.25) is 5.91 Å². The van der Waals surface area contributed by atoms with Crippen LogP contribution in [0.25, 0.3) is 0 Å². The van der Waals surface area contributed by atoms with E-state index in [0.717, 1.165) is 24.3 Å². The van der Waals surface area contributed by atoms with Crippen molar-refractivity contribution in [3.05, 3.63) is 70.0 Å². The van der Waals surface area contributed by atoms with E-state index in [9.17, 15) is 27.7 Å². The Labute approximate surface area is 156 Å². The van der Waals surface area contributed by atoms with Gasteiger partial charge in [-0.05, 0) is 36.8 Å². The zero-order valence-electron chi connectivity index (χ0n) is 14.8. The van der Waals surface area contributed by atoms with Crippen LogP contribution in [0.1, 0.15) is 24.9 Å². The highest BCUT2D eigenvalue weighted by molar-refractivity contribution is 7.91. The van der Waals surface area contributed by atoms with E-state index in [1.807, 2.05) is 0 Å². The fourth-order valence-corrected chi connectivity index (χ4v) is 3.73. The molecule has 0 spiro atoms. The van der Waals surface area contributed by atoms with E-state index in [1.165, 1.54) is 30.1 Å². The second kappa shape index (κ2) is 8.26. The standard InChI is InChI=1S/C18H19FN2O5S/c1-13(14-4-3-5-16(12-14)21(23)24)20(2)18(22)10-11-27(25,26)17-8-6-15(19)7-9-17/h3-9,12-13H,10-11H2,1-2H3/t13-/m1/s1. The molecule has 2 rings (SSSR count). The summed E-state index contributed by atoms with van der Waals surface area (Å²) in [6.07, 6.45) is -0.254. The van der Waals surface area contributed by atoms with Crippen molar-refractivity contribution < 1.29 is 22.5 Å². The molecule has 144 valence electrons. The number of carbonyl (C=O) groups is 1. The molecule has 0 aliphatic heterocycles. The van der Waals surface area contributed by atoms with Crippen LogP contribution in [-0.4, -0.2) is 36.9 Å². The predicted molar refractivity (Wildman–Crippen MR) is 97.4 cm³/mol. The molecule has 0 aliphatic carbocycles. The number of halogens is 1. The first kappa shape index (κ1) is 20.5. The molecule has 2 aromatic carbocycles. The van der Waals surface area contributed by atoms with Gasteiger partial charge < -0.3 is 4.90 Å². The summed E-state index contributed by atoms with van der Waals surface area (Å²) in [7, 11) is -2.21. The van der Waals surface area contributed by atoms with Gasteiger partial charge in [-0.15, -0.1) is 0 Å². The number of carbonyl (C=O) groups excluding carboxylic acids is 1. The molecule has 2 aromatic rings. The zero-order valence-corrected chi connectivity index (χ0v) is 15.6. The minimum atomic E-state index is -3.72. The Balaban J connectivity index is 2.05. The van der Waals surface area contributed by atoms with Crippen molar-refractivity contribution in [2.45, 2.75) is 24.3 Å². The maximum atomic E-state index is 12.9. The van der Waals surface area contributed by atoms with Crippen LogP contribution in [0, 0.1) is 15.9 Å². The Morgan fingerprint density at radius 2 is 1.85 bits per heavy atom. The summed E-state index contributed by atoms with van der Waals surface area (Å²) in [6.45, 7) is 1.70. The van der Waals surface area contributed by atoms with Crippen molar-refractivity contribution >= 4 is 21.4 Å². The highest BCUT2D eigenvalue weighted by Crippen LogP contribution is 2.24. The summed E-state index contributed by atoms with van der Waals surface area (Å²) in [6, 6.07) is 9.87. The van der Waals surface area contributed by atoms with Crippen molar-refractivity contribution in [2.75, 3.05) is 12.8 Å². The Morgan fingerprint density at radius 1 is 1.22 bits per heavy atom. The van der Waals surface area contributed by atoms with Crippen LogP contribution in [0.4, 0.5) is 10.1 Å². The molecule has 0 aliphatic rings. The van der Waals surface area contributed by atoms with Crippen LogP contribution in [-0.2, 0) is 14.6 Å². The van der Waals surface area contributed by atoms with Crippen LogP contribution in [0.5, 0.6) is 0 Å². The van der Waals surface area contributed by atoms with Crippen molar-refractivity contribution in [3.8, 4) is 0 Å². The van der Waals surface area contributed by atoms with Gasteiger partial charge in [0, 0.05) is 25.6 Å². The first-order valence-corrected chi connectivity index (χ1v) is 9.75. The number of nitro groups is 1. The lowest BCUT2D eigenvalue weighted by molar-refractivity contribution is -0.384. The van der Waals surface area contributed by atoms with E-state index >= 15 is 0 Å². The molecule has 0 aromatic heterocycles. The van der Waals surface area contributed by atoms with Crippen LogP contribution >= 0.6 is 0 Å². The van der Waals surface area contributed by atoms with Gasteiger partial charge in [-0.3, -0.25) is 14.9 Å². The molecule has 0 saturated carbocycles. The van der Waals surface area contributed by atoms with Crippen molar-refractivity contribution in [1.29, 1.82) is 0 Å². The molecular formula is C18H19FN2O5S. The van der Waals surface area contributed by atoms with Gasteiger partial charge in [0.15, 0.2) is 9.84 Å². The maximum Gasteiger partial charge on any atom is 0.269 e. The normalized spacial score (nSPS) is 12.4. The molecule has 0 radical (unpaired) electrons. The van der Waals surface area contributed by atoms with Gasteiger partial charge in [0.25, 0.3) is 5.69 Å². The van der Waals surface area contributed by atoms with Gasteiger partial charge in [0.05, 0.1) is 21.6 Å². The molecule has 9 heteroatoms. The number of sulfone groups is 1. The van der Waals surface area contributed by atoms with E-state index in [2.05, 4.69) is 0 Å². The number of nitro benzene ring substituents is 1. The number of rotatable bonds is 7. The molecule has 0 fully saturated rings. The second-order valence-electron chi connectivity index (χ2n) is 6.06. The molecule has 27 heavy (non-hydrogen) atoms. The lowest BCUT2D eigenvalue weighted by Crippen LogP contribution is -2.31. The average molecular weight is 394 g/mol. The van der Waals surface area contributed by atoms with Gasteiger partial charge in [0.1, 0.15) is 5.82 Å². The Bertz CT molecular complexity index is 944. The quantitative estimate of drug-likeness (QED) is 0.408. The zero-order chi connectivity index (χ0) is 20.2. The topological polar surface area (TPSA) is 97.6 Å². The summed E-state index contributed by atoms with van der Waals surface area (Å²) in [4.78, 5) is 24.0. The van der Waals surface area contributed by atoms with Gasteiger partial charge in [-0.25, -0.2) is 12.8 Å². The number of amides is 1. The van der Waals surface area contributed by atoms with E-state index in [0.29, 0.717) is 5.56 Å². The number of hydrogen-bond donors (Lipinski definition) is 0. The van der Waals surface area contributed by atoms with Crippen LogP contribution in [0.3, 0.4) is 0 Å². The Hall–Kier alpha value is -2.81. The molecular weight excluding hydrogens is 375 g/mol. The second-order valence-corrected chi connectivity index (χ2v) is 8.16. The van der Waals surface area contributed by atoms with E-state index in [1.54, 1.807) is 13.0 Å².